The number of allylic oxidation sites excluding steroid dienone is 2. The third-order valence-corrected chi connectivity index (χ3v) is 6.87. The monoisotopic (exact) mass is 389 g/mol. The highest BCUT2D eigenvalue weighted by Gasteiger charge is 2.31. The van der Waals surface area contributed by atoms with Gasteiger partial charge in [0.1, 0.15) is 0 Å². The van der Waals surface area contributed by atoms with Crippen molar-refractivity contribution in [2.75, 3.05) is 0 Å². The van der Waals surface area contributed by atoms with Crippen LogP contribution in [0, 0.1) is 29.1 Å². The minimum atomic E-state index is -4.25. The largest absolute Gasteiger partial charge is 0.416 e. The van der Waals surface area contributed by atoms with E-state index in [1.54, 1.807) is 18.2 Å². The Morgan fingerprint density at radius 2 is 1.39 bits per heavy atom. The fourth-order valence-electron chi connectivity index (χ4n) is 5.05. The molecule has 0 atom stereocenters. The molecule has 28 heavy (non-hydrogen) atoms. The van der Waals surface area contributed by atoms with Crippen LogP contribution in [0.5, 0.6) is 0 Å². The molecular weight excluding hydrogens is 359 g/mol. The maximum atomic E-state index is 12.7. The van der Waals surface area contributed by atoms with E-state index in [4.69, 9.17) is 5.26 Å². The van der Waals surface area contributed by atoms with Gasteiger partial charge in [0.05, 0.1) is 11.6 Å². The van der Waals surface area contributed by atoms with Crippen LogP contribution in [0.3, 0.4) is 0 Å². The van der Waals surface area contributed by atoms with Crippen LogP contribution in [0.2, 0.25) is 0 Å². The summed E-state index contributed by atoms with van der Waals surface area (Å²) < 4.78 is 38.1. The molecule has 0 radical (unpaired) electrons. The molecule has 1 aromatic carbocycles. The van der Waals surface area contributed by atoms with Crippen LogP contribution in [0.15, 0.2) is 36.4 Å². The molecule has 0 amide bonds. The molecule has 0 spiro atoms. The number of benzene rings is 1. The molecule has 2 saturated carbocycles. The fraction of sp³-hybridized carbons (Fsp3) is 0.625. The van der Waals surface area contributed by atoms with Gasteiger partial charge in [0.25, 0.3) is 0 Å². The zero-order valence-electron chi connectivity index (χ0n) is 16.4. The Balaban J connectivity index is 1.38. The Morgan fingerprint density at radius 1 is 0.857 bits per heavy atom. The highest BCUT2D eigenvalue weighted by atomic mass is 19.4. The predicted octanol–water partition coefficient (Wildman–Crippen LogP) is 7.65. The first-order chi connectivity index (χ1) is 13.5. The Bertz CT molecular complexity index is 667. The lowest BCUT2D eigenvalue weighted by Gasteiger charge is -2.31. The van der Waals surface area contributed by atoms with E-state index in [1.165, 1.54) is 63.5 Å². The lowest BCUT2D eigenvalue weighted by molar-refractivity contribution is -0.137. The van der Waals surface area contributed by atoms with E-state index in [-0.39, 0.29) is 0 Å². The highest BCUT2D eigenvalue weighted by molar-refractivity contribution is 5.27. The zero-order valence-corrected chi connectivity index (χ0v) is 16.4. The zero-order chi connectivity index (χ0) is 20.0. The average Bonchev–Trinajstić information content (AvgIpc) is 2.71. The molecule has 152 valence electrons. The van der Waals surface area contributed by atoms with Crippen LogP contribution < -0.4 is 0 Å². The van der Waals surface area contributed by atoms with E-state index in [1.807, 2.05) is 0 Å². The topological polar surface area (TPSA) is 23.8 Å². The quantitative estimate of drug-likeness (QED) is 0.475. The van der Waals surface area contributed by atoms with Gasteiger partial charge in [-0.15, -0.1) is 0 Å². The number of halogens is 3. The summed E-state index contributed by atoms with van der Waals surface area (Å²) in [6.07, 6.45) is 11.6. The Morgan fingerprint density at radius 3 is 1.89 bits per heavy atom. The van der Waals surface area contributed by atoms with Crippen LogP contribution in [0.4, 0.5) is 13.2 Å². The van der Waals surface area contributed by atoms with Gasteiger partial charge in [-0.05, 0) is 92.7 Å². The molecule has 2 aliphatic rings. The normalized spacial score (nSPS) is 28.9. The van der Waals surface area contributed by atoms with Gasteiger partial charge in [0, 0.05) is 6.08 Å². The number of rotatable bonds is 5. The molecule has 0 N–H and O–H groups in total. The Labute approximate surface area is 166 Å². The fourth-order valence-corrected chi connectivity index (χ4v) is 5.05. The first-order valence-electron chi connectivity index (χ1n) is 10.7. The average molecular weight is 390 g/mol. The molecule has 2 fully saturated rings. The maximum absolute atomic E-state index is 12.7. The Hall–Kier alpha value is -1.76. The number of alkyl halides is 3. The van der Waals surface area contributed by atoms with Gasteiger partial charge in [-0.2, -0.15) is 18.4 Å². The van der Waals surface area contributed by atoms with E-state index in [9.17, 15) is 13.2 Å². The van der Waals surface area contributed by atoms with Gasteiger partial charge in [0.2, 0.25) is 0 Å². The molecule has 1 aromatic rings. The lowest BCUT2D eigenvalue weighted by Crippen LogP contribution is -2.17. The molecule has 1 nitrogen and oxygen atoms in total. The minimum Gasteiger partial charge on any atom is -0.193 e. The summed E-state index contributed by atoms with van der Waals surface area (Å²) in [5.74, 6) is 2.62. The SMILES string of the molecule is N#CC=CC1CCC(CCC2CCC(c3ccc(C(F)(F)F)cc3)CC2)CC1. The maximum Gasteiger partial charge on any atom is 0.416 e. The van der Waals surface area contributed by atoms with Crippen molar-refractivity contribution in [1.82, 2.24) is 0 Å². The molecule has 4 heteroatoms. The highest BCUT2D eigenvalue weighted by Crippen LogP contribution is 2.40. The summed E-state index contributed by atoms with van der Waals surface area (Å²) in [6, 6.07) is 7.89. The van der Waals surface area contributed by atoms with Crippen LogP contribution >= 0.6 is 0 Å². The van der Waals surface area contributed by atoms with E-state index < -0.39 is 11.7 Å². The van der Waals surface area contributed by atoms with Crippen molar-refractivity contribution in [3.05, 3.63) is 47.5 Å². The molecule has 0 aliphatic heterocycles. The van der Waals surface area contributed by atoms with E-state index >= 15 is 0 Å². The van der Waals surface area contributed by atoms with Crippen molar-refractivity contribution >= 4 is 0 Å². The summed E-state index contributed by atoms with van der Waals surface area (Å²) in [4.78, 5) is 0. The van der Waals surface area contributed by atoms with E-state index in [0.29, 0.717) is 11.8 Å². The van der Waals surface area contributed by atoms with Crippen molar-refractivity contribution in [3.8, 4) is 6.07 Å². The summed E-state index contributed by atoms with van der Waals surface area (Å²) >= 11 is 0. The minimum absolute atomic E-state index is 0.417. The van der Waals surface area contributed by atoms with Crippen molar-refractivity contribution in [1.29, 1.82) is 5.26 Å². The van der Waals surface area contributed by atoms with Gasteiger partial charge in [0.15, 0.2) is 0 Å². The number of nitriles is 1. The molecule has 0 saturated heterocycles. The number of hydrogen-bond acceptors (Lipinski definition) is 1. The third kappa shape index (κ3) is 5.87. The smallest absolute Gasteiger partial charge is 0.193 e. The summed E-state index contributed by atoms with van der Waals surface area (Å²) in [7, 11) is 0. The molecule has 2 aliphatic carbocycles. The first-order valence-corrected chi connectivity index (χ1v) is 10.7. The van der Waals surface area contributed by atoms with E-state index in [2.05, 4.69) is 12.1 Å². The number of nitrogens with zero attached hydrogens (tertiary/aromatic N) is 1. The third-order valence-electron chi connectivity index (χ3n) is 6.87. The van der Waals surface area contributed by atoms with Gasteiger partial charge in [-0.1, -0.05) is 31.1 Å². The summed E-state index contributed by atoms with van der Waals surface area (Å²) in [6.45, 7) is 0. The predicted molar refractivity (Wildman–Crippen MR) is 106 cm³/mol. The van der Waals surface area contributed by atoms with Crippen LogP contribution in [-0.4, -0.2) is 0 Å². The second-order valence-electron chi connectivity index (χ2n) is 8.68. The Kier molecular flexibility index (Phi) is 7.21. The standard InChI is InChI=1S/C24H30F3N/c25-24(26,27)23-15-13-22(14-16-23)21-11-9-20(10-12-21)8-7-19-5-3-18(4-6-19)2-1-17-28/h1-2,13-16,18-21H,3-12H2. The van der Waals surface area contributed by atoms with Gasteiger partial charge >= 0.3 is 6.18 Å². The second kappa shape index (κ2) is 9.63. The molecule has 0 heterocycles. The van der Waals surface area contributed by atoms with E-state index in [0.717, 1.165) is 30.2 Å². The van der Waals surface area contributed by atoms with Crippen LogP contribution in [0.25, 0.3) is 0 Å². The van der Waals surface area contributed by atoms with Crippen LogP contribution in [-0.2, 0) is 6.18 Å². The molecular formula is C24H30F3N. The number of hydrogen-bond donors (Lipinski definition) is 0. The van der Waals surface area contributed by atoms with Crippen molar-refractivity contribution in [2.45, 2.75) is 76.3 Å². The van der Waals surface area contributed by atoms with Crippen molar-refractivity contribution < 1.29 is 13.2 Å². The van der Waals surface area contributed by atoms with Gasteiger partial charge in [-0.3, -0.25) is 0 Å². The van der Waals surface area contributed by atoms with Crippen LogP contribution in [0.1, 0.15) is 81.3 Å². The second-order valence-corrected chi connectivity index (χ2v) is 8.68. The first kappa shape index (κ1) is 21.0. The molecule has 0 unspecified atom stereocenters. The van der Waals surface area contributed by atoms with Gasteiger partial charge < -0.3 is 0 Å². The summed E-state index contributed by atoms with van der Waals surface area (Å²) in [5.41, 5.74) is 0.512. The molecule has 3 rings (SSSR count). The molecule has 0 aromatic heterocycles. The summed E-state index contributed by atoms with van der Waals surface area (Å²) in [5, 5.41) is 8.63. The van der Waals surface area contributed by atoms with Crippen molar-refractivity contribution in [3.63, 3.8) is 0 Å². The van der Waals surface area contributed by atoms with Gasteiger partial charge in [-0.25, -0.2) is 0 Å². The van der Waals surface area contributed by atoms with Crippen molar-refractivity contribution in [2.24, 2.45) is 17.8 Å². The molecule has 0 bridgehead atoms. The lowest BCUT2D eigenvalue weighted by atomic mass is 9.74.